The lowest BCUT2D eigenvalue weighted by Crippen LogP contribution is -2.40. The van der Waals surface area contributed by atoms with E-state index in [1.807, 2.05) is 0 Å². The highest BCUT2D eigenvalue weighted by Crippen LogP contribution is 2.17. The van der Waals surface area contributed by atoms with Gasteiger partial charge in [-0.1, -0.05) is 18.1 Å². The Bertz CT molecular complexity index is 614. The van der Waals surface area contributed by atoms with Crippen LogP contribution in [0.15, 0.2) is 24.3 Å². The number of carbonyl (C=O) groups is 1. The zero-order chi connectivity index (χ0) is 18.1. The topological polar surface area (TPSA) is 75.5 Å². The zero-order valence-electron chi connectivity index (χ0n) is 14.4. The molecular formula is C19H25N3O3. The monoisotopic (exact) mass is 343 g/mol. The van der Waals surface area contributed by atoms with Crippen molar-refractivity contribution in [1.29, 1.82) is 0 Å². The SMILES string of the molecule is C#CCN1CCC(C(=O)NCCCCc2ccc([N+](=O)[O-])cc2)CC1. The first kappa shape index (κ1) is 18.9. The first-order chi connectivity index (χ1) is 12.1. The molecule has 6 nitrogen and oxygen atoms in total. The molecule has 0 atom stereocenters. The number of nitrogens with zero attached hydrogens (tertiary/aromatic N) is 2. The normalized spacial score (nSPS) is 15.5. The molecule has 1 aromatic rings. The molecule has 0 aromatic heterocycles. The molecule has 1 aliphatic rings. The number of piperidine rings is 1. The minimum Gasteiger partial charge on any atom is -0.356 e. The van der Waals surface area contributed by atoms with E-state index in [9.17, 15) is 14.9 Å². The summed E-state index contributed by atoms with van der Waals surface area (Å²) >= 11 is 0. The number of likely N-dealkylation sites (tertiary alicyclic amines) is 1. The number of benzene rings is 1. The van der Waals surface area contributed by atoms with Crippen LogP contribution in [0.3, 0.4) is 0 Å². The maximum Gasteiger partial charge on any atom is 0.269 e. The smallest absolute Gasteiger partial charge is 0.269 e. The highest BCUT2D eigenvalue weighted by Gasteiger charge is 2.23. The third kappa shape index (κ3) is 6.20. The Hall–Kier alpha value is -2.39. The lowest BCUT2D eigenvalue weighted by Gasteiger charge is -2.29. The van der Waals surface area contributed by atoms with Crippen LogP contribution in [-0.4, -0.2) is 41.9 Å². The molecule has 0 spiro atoms. The summed E-state index contributed by atoms with van der Waals surface area (Å²) in [4.78, 5) is 24.6. The third-order valence-electron chi connectivity index (χ3n) is 4.61. The molecule has 0 saturated carbocycles. The lowest BCUT2D eigenvalue weighted by atomic mass is 9.96. The average Bonchev–Trinajstić information content (AvgIpc) is 2.62. The molecule has 134 valence electrons. The molecule has 1 heterocycles. The molecule has 0 unspecified atom stereocenters. The number of rotatable bonds is 8. The Morgan fingerprint density at radius 2 is 1.96 bits per heavy atom. The van der Waals surface area contributed by atoms with Gasteiger partial charge in [-0.2, -0.15) is 0 Å². The second-order valence-corrected chi connectivity index (χ2v) is 6.43. The molecule has 25 heavy (non-hydrogen) atoms. The predicted octanol–water partition coefficient (Wildman–Crippen LogP) is 2.38. The van der Waals surface area contributed by atoms with Gasteiger partial charge in [-0.25, -0.2) is 0 Å². The van der Waals surface area contributed by atoms with E-state index in [2.05, 4.69) is 16.1 Å². The summed E-state index contributed by atoms with van der Waals surface area (Å²) in [5.74, 6) is 2.89. The van der Waals surface area contributed by atoms with Crippen molar-refractivity contribution in [1.82, 2.24) is 10.2 Å². The van der Waals surface area contributed by atoms with Crippen LogP contribution >= 0.6 is 0 Å². The molecule has 0 aliphatic carbocycles. The van der Waals surface area contributed by atoms with Gasteiger partial charge in [0.2, 0.25) is 5.91 Å². The largest absolute Gasteiger partial charge is 0.356 e. The summed E-state index contributed by atoms with van der Waals surface area (Å²) in [6.07, 6.45) is 9.76. The highest BCUT2D eigenvalue weighted by molar-refractivity contribution is 5.78. The van der Waals surface area contributed by atoms with Crippen molar-refractivity contribution in [2.24, 2.45) is 5.92 Å². The summed E-state index contributed by atoms with van der Waals surface area (Å²) in [5.41, 5.74) is 1.20. The Balaban J connectivity index is 1.59. The van der Waals surface area contributed by atoms with E-state index in [0.717, 1.165) is 50.8 Å². The van der Waals surface area contributed by atoms with Gasteiger partial charge < -0.3 is 5.32 Å². The van der Waals surface area contributed by atoms with E-state index in [0.29, 0.717) is 13.1 Å². The number of hydrogen-bond acceptors (Lipinski definition) is 4. The second kappa shape index (κ2) is 9.80. The van der Waals surface area contributed by atoms with Gasteiger partial charge in [0.15, 0.2) is 0 Å². The van der Waals surface area contributed by atoms with E-state index in [1.165, 1.54) is 12.1 Å². The van der Waals surface area contributed by atoms with E-state index in [1.54, 1.807) is 12.1 Å². The van der Waals surface area contributed by atoms with E-state index < -0.39 is 4.92 Å². The van der Waals surface area contributed by atoms with Crippen molar-refractivity contribution < 1.29 is 9.72 Å². The fourth-order valence-corrected chi connectivity index (χ4v) is 3.08. The van der Waals surface area contributed by atoms with Crippen LogP contribution in [0, 0.1) is 28.4 Å². The molecule has 1 amide bonds. The molecule has 0 bridgehead atoms. The number of hydrogen-bond donors (Lipinski definition) is 1. The summed E-state index contributed by atoms with van der Waals surface area (Å²) in [5, 5.41) is 13.6. The Morgan fingerprint density at radius 1 is 1.28 bits per heavy atom. The number of non-ortho nitro benzene ring substituents is 1. The molecule has 1 fully saturated rings. The van der Waals surface area contributed by atoms with E-state index >= 15 is 0 Å². The number of amides is 1. The quantitative estimate of drug-likeness (QED) is 0.340. The maximum absolute atomic E-state index is 12.2. The molecule has 2 rings (SSSR count). The summed E-state index contributed by atoms with van der Waals surface area (Å²) in [7, 11) is 0. The first-order valence-electron chi connectivity index (χ1n) is 8.77. The van der Waals surface area contributed by atoms with E-state index in [4.69, 9.17) is 6.42 Å². The number of nitro groups is 1. The Morgan fingerprint density at radius 3 is 2.56 bits per heavy atom. The van der Waals surface area contributed by atoms with Crippen LogP contribution in [0.1, 0.15) is 31.2 Å². The van der Waals surface area contributed by atoms with Crippen molar-refractivity contribution in [2.75, 3.05) is 26.2 Å². The van der Waals surface area contributed by atoms with Gasteiger partial charge in [-0.15, -0.1) is 6.42 Å². The molecular weight excluding hydrogens is 318 g/mol. The summed E-state index contributed by atoms with van der Waals surface area (Å²) in [6.45, 7) is 3.12. The number of aryl methyl sites for hydroxylation is 1. The van der Waals surface area contributed by atoms with Crippen molar-refractivity contribution in [3.8, 4) is 12.3 Å². The lowest BCUT2D eigenvalue weighted by molar-refractivity contribution is -0.384. The van der Waals surface area contributed by atoms with Gasteiger partial charge in [0.25, 0.3) is 5.69 Å². The molecule has 1 aromatic carbocycles. The van der Waals surface area contributed by atoms with Gasteiger partial charge in [0, 0.05) is 24.6 Å². The minimum absolute atomic E-state index is 0.101. The highest BCUT2D eigenvalue weighted by atomic mass is 16.6. The number of nitrogens with one attached hydrogen (secondary N) is 1. The van der Waals surface area contributed by atoms with Gasteiger partial charge >= 0.3 is 0 Å². The Kier molecular flexibility index (Phi) is 7.42. The van der Waals surface area contributed by atoms with Crippen LogP contribution in [0.4, 0.5) is 5.69 Å². The van der Waals surface area contributed by atoms with E-state index in [-0.39, 0.29) is 17.5 Å². The van der Waals surface area contributed by atoms with Gasteiger partial charge in [0.1, 0.15) is 0 Å². The fourth-order valence-electron chi connectivity index (χ4n) is 3.08. The van der Waals surface area contributed by atoms with Crippen molar-refractivity contribution in [2.45, 2.75) is 32.1 Å². The molecule has 1 saturated heterocycles. The van der Waals surface area contributed by atoms with Crippen LogP contribution in [0.2, 0.25) is 0 Å². The first-order valence-corrected chi connectivity index (χ1v) is 8.77. The second-order valence-electron chi connectivity index (χ2n) is 6.43. The molecule has 0 radical (unpaired) electrons. The summed E-state index contributed by atoms with van der Waals surface area (Å²) < 4.78 is 0. The number of terminal acetylenes is 1. The fraction of sp³-hybridized carbons (Fsp3) is 0.526. The predicted molar refractivity (Wildman–Crippen MR) is 97.0 cm³/mol. The molecule has 6 heteroatoms. The number of nitro benzene ring substituents is 1. The van der Waals surface area contributed by atoms with Gasteiger partial charge in [-0.3, -0.25) is 19.8 Å². The third-order valence-corrected chi connectivity index (χ3v) is 4.61. The molecule has 1 N–H and O–H groups in total. The minimum atomic E-state index is -0.393. The van der Waals surface area contributed by atoms with Crippen LogP contribution in [0.25, 0.3) is 0 Å². The van der Waals surface area contributed by atoms with Crippen molar-refractivity contribution in [3.05, 3.63) is 39.9 Å². The van der Waals surface area contributed by atoms with Crippen LogP contribution in [0.5, 0.6) is 0 Å². The van der Waals surface area contributed by atoms with Crippen molar-refractivity contribution >= 4 is 11.6 Å². The Labute approximate surface area is 148 Å². The van der Waals surface area contributed by atoms with Gasteiger partial charge in [0.05, 0.1) is 11.5 Å². The molecule has 1 aliphatic heterocycles. The zero-order valence-corrected chi connectivity index (χ0v) is 14.4. The maximum atomic E-state index is 12.2. The average molecular weight is 343 g/mol. The number of carbonyl (C=O) groups excluding carboxylic acids is 1. The van der Waals surface area contributed by atoms with Crippen molar-refractivity contribution in [3.63, 3.8) is 0 Å². The number of unbranched alkanes of at least 4 members (excludes halogenated alkanes) is 1. The van der Waals surface area contributed by atoms with Gasteiger partial charge in [-0.05, 0) is 50.8 Å². The standard InChI is InChI=1S/C19H25N3O3/c1-2-13-21-14-10-17(11-15-21)19(23)20-12-4-3-5-16-6-8-18(9-7-16)22(24)25/h1,6-9,17H,3-5,10-15H2,(H,20,23). The van der Waals surface area contributed by atoms with Crippen LogP contribution in [-0.2, 0) is 11.2 Å². The van der Waals surface area contributed by atoms with Crippen LogP contribution < -0.4 is 5.32 Å². The summed E-state index contributed by atoms with van der Waals surface area (Å²) in [6, 6.07) is 6.65.